The van der Waals surface area contributed by atoms with Gasteiger partial charge in [0.05, 0.1) is 12.5 Å². The van der Waals surface area contributed by atoms with E-state index in [1.807, 2.05) is 0 Å². The molecule has 0 radical (unpaired) electrons. The summed E-state index contributed by atoms with van der Waals surface area (Å²) in [7, 11) is -3.43. The van der Waals surface area contributed by atoms with Crippen molar-refractivity contribution >= 4 is 33.3 Å². The van der Waals surface area contributed by atoms with Crippen LogP contribution in [0.3, 0.4) is 0 Å². The van der Waals surface area contributed by atoms with E-state index in [1.54, 1.807) is 0 Å². The number of rotatable bonds is 7. The number of nitrogens with one attached hydrogen (secondary N) is 1. The molecule has 39 heavy (non-hydrogen) atoms. The van der Waals surface area contributed by atoms with Crippen LogP contribution in [0.25, 0.3) is 0 Å². The minimum Gasteiger partial charge on any atom is -0.347 e. The third kappa shape index (κ3) is 8.50. The highest BCUT2D eigenvalue weighted by Gasteiger charge is 2.48. The number of hydrogen-bond acceptors (Lipinski definition) is 5. The number of sulfone groups is 1. The lowest BCUT2D eigenvalue weighted by Gasteiger charge is -2.30. The van der Waals surface area contributed by atoms with Crippen LogP contribution in [0.2, 0.25) is 0 Å². The zero-order valence-corrected chi connectivity index (χ0v) is 23.3. The molecule has 3 rings (SSSR count). The van der Waals surface area contributed by atoms with E-state index >= 15 is 4.39 Å². The van der Waals surface area contributed by atoms with Crippen molar-refractivity contribution in [3.05, 3.63) is 34.2 Å². The normalized spacial score (nSPS) is 30.1. The molecule has 3 aliphatic rings. The van der Waals surface area contributed by atoms with Crippen LogP contribution in [0.1, 0.15) is 32.6 Å². The van der Waals surface area contributed by atoms with Gasteiger partial charge in [-0.2, -0.15) is 13.2 Å². The lowest BCUT2D eigenvalue weighted by molar-refractivity contribution is -0.146. The zero-order valence-electron chi connectivity index (χ0n) is 21.7. The van der Waals surface area contributed by atoms with Crippen LogP contribution in [0.5, 0.6) is 0 Å². The highest BCUT2D eigenvalue weighted by Crippen LogP contribution is 2.40. The molecule has 2 fully saturated rings. The predicted molar refractivity (Wildman–Crippen MR) is 137 cm³/mol. The predicted octanol–water partition coefficient (Wildman–Crippen LogP) is 3.67. The van der Waals surface area contributed by atoms with E-state index in [0.29, 0.717) is 0 Å². The SMILES string of the molecule is C[C@@H](/C=C\S(C)(=O)=O)NC(=O)[C@@]1(F)CCCN(C(=O)[C@H]2CN(CC(F)(F)F)C[C@H]2C2=C(Cl)C=CCC2F)CC1. The minimum atomic E-state index is -4.51. The Morgan fingerprint density at radius 3 is 2.56 bits per heavy atom. The molecular weight excluding hydrogens is 569 g/mol. The molecule has 7 nitrogen and oxygen atoms in total. The minimum absolute atomic E-state index is 0.00320. The Morgan fingerprint density at radius 1 is 1.26 bits per heavy atom. The first kappa shape index (κ1) is 31.5. The monoisotopic (exact) mass is 601 g/mol. The summed E-state index contributed by atoms with van der Waals surface area (Å²) < 4.78 is 92.6. The first-order chi connectivity index (χ1) is 18.0. The fraction of sp³-hybridized carbons (Fsp3) is 0.680. The van der Waals surface area contributed by atoms with E-state index in [2.05, 4.69) is 5.32 Å². The molecule has 1 unspecified atom stereocenters. The van der Waals surface area contributed by atoms with Crippen molar-refractivity contribution in [1.29, 1.82) is 0 Å². The molecule has 2 aliphatic heterocycles. The zero-order chi connectivity index (χ0) is 29.2. The fourth-order valence-electron chi connectivity index (χ4n) is 5.33. The van der Waals surface area contributed by atoms with Crippen LogP contribution in [0, 0.1) is 11.8 Å². The fourth-order valence-corrected chi connectivity index (χ4v) is 6.20. The van der Waals surface area contributed by atoms with Gasteiger partial charge in [-0.05, 0) is 31.4 Å². The number of carbonyl (C=O) groups excluding carboxylic acids is 2. The smallest absolute Gasteiger partial charge is 0.347 e. The standard InChI is InChI=1S/C25H33ClF5N3O4S/c1-16(7-12-39(2,37)38)32-23(36)24(28)8-4-10-34(11-9-24)22(35)18-14-33(15-25(29,30)31)13-17(18)21-19(26)5-3-6-20(21)27/h3,5,7,12,16-18,20H,4,6,8-11,13-15H2,1-2H3,(H,32,36)/b12-7-/t16-,17+,18-,20?,24+/m0/s1. The van der Waals surface area contributed by atoms with Crippen molar-refractivity contribution in [2.45, 2.75) is 56.7 Å². The number of halogens is 6. The van der Waals surface area contributed by atoms with Gasteiger partial charge in [0.1, 0.15) is 6.17 Å². The van der Waals surface area contributed by atoms with E-state index in [0.717, 1.165) is 16.6 Å². The van der Waals surface area contributed by atoms with E-state index < -0.39 is 64.1 Å². The second kappa shape index (κ2) is 12.3. The van der Waals surface area contributed by atoms with Gasteiger partial charge in [0, 0.05) is 67.7 Å². The third-order valence-corrected chi connectivity index (χ3v) is 8.20. The van der Waals surface area contributed by atoms with Crippen LogP contribution in [-0.4, -0.2) is 93.1 Å². The van der Waals surface area contributed by atoms with E-state index in [9.17, 15) is 35.6 Å². The molecule has 0 spiro atoms. The van der Waals surface area contributed by atoms with E-state index in [4.69, 9.17) is 11.6 Å². The van der Waals surface area contributed by atoms with Crippen molar-refractivity contribution in [2.75, 3.05) is 39.0 Å². The molecule has 1 aliphatic carbocycles. The third-order valence-electron chi connectivity index (χ3n) is 7.21. The largest absolute Gasteiger partial charge is 0.401 e. The van der Waals surface area contributed by atoms with Crippen molar-refractivity contribution < 1.29 is 40.0 Å². The molecule has 0 saturated carbocycles. The molecule has 0 aromatic heterocycles. The van der Waals surface area contributed by atoms with Crippen molar-refractivity contribution in [3.8, 4) is 0 Å². The Morgan fingerprint density at radius 2 is 1.95 bits per heavy atom. The summed E-state index contributed by atoms with van der Waals surface area (Å²) in [4.78, 5) is 28.7. The first-order valence-electron chi connectivity index (χ1n) is 12.7. The average Bonchev–Trinajstić information content (AvgIpc) is 3.08. The number of hydrogen-bond donors (Lipinski definition) is 1. The molecule has 2 amide bonds. The Kier molecular flexibility index (Phi) is 9.91. The van der Waals surface area contributed by atoms with Crippen LogP contribution in [0.4, 0.5) is 22.0 Å². The van der Waals surface area contributed by atoms with Crippen molar-refractivity contribution in [2.24, 2.45) is 11.8 Å². The van der Waals surface area contributed by atoms with Gasteiger partial charge in [0.25, 0.3) is 5.91 Å². The maximum atomic E-state index is 15.7. The molecule has 14 heteroatoms. The highest BCUT2D eigenvalue weighted by molar-refractivity contribution is 7.93. The maximum Gasteiger partial charge on any atom is 0.401 e. The average molecular weight is 602 g/mol. The molecule has 0 aromatic rings. The topological polar surface area (TPSA) is 86.8 Å². The van der Waals surface area contributed by atoms with Gasteiger partial charge in [0.2, 0.25) is 5.91 Å². The van der Waals surface area contributed by atoms with Crippen LogP contribution < -0.4 is 5.32 Å². The molecule has 2 heterocycles. The van der Waals surface area contributed by atoms with Crippen LogP contribution in [-0.2, 0) is 19.4 Å². The summed E-state index contributed by atoms with van der Waals surface area (Å²) >= 11 is 6.24. The summed E-state index contributed by atoms with van der Waals surface area (Å²) in [5.41, 5.74) is -2.23. The Hall–Kier alpha value is -1.99. The number of likely N-dealkylation sites (tertiary alicyclic amines) is 2. The number of allylic oxidation sites excluding steroid dienone is 3. The van der Waals surface area contributed by atoms with Crippen LogP contribution in [0.15, 0.2) is 34.2 Å². The van der Waals surface area contributed by atoms with E-state index in [1.165, 1.54) is 30.1 Å². The second-order valence-electron chi connectivity index (χ2n) is 10.5. The summed E-state index contributed by atoms with van der Waals surface area (Å²) in [6, 6.07) is -0.768. The second-order valence-corrected chi connectivity index (χ2v) is 12.8. The number of alkyl halides is 5. The molecule has 220 valence electrons. The van der Waals surface area contributed by atoms with Crippen molar-refractivity contribution in [3.63, 3.8) is 0 Å². The molecule has 0 aromatic carbocycles. The highest BCUT2D eigenvalue weighted by atomic mass is 35.5. The number of amides is 2. The van der Waals surface area contributed by atoms with Gasteiger partial charge in [-0.3, -0.25) is 14.5 Å². The first-order valence-corrected chi connectivity index (χ1v) is 15.0. The quantitative estimate of drug-likeness (QED) is 0.450. The van der Waals surface area contributed by atoms with Gasteiger partial charge < -0.3 is 10.2 Å². The molecular formula is C25H33ClF5N3O4S. The van der Waals surface area contributed by atoms with Gasteiger partial charge >= 0.3 is 6.18 Å². The van der Waals surface area contributed by atoms with Crippen molar-refractivity contribution in [1.82, 2.24) is 15.1 Å². The molecule has 2 saturated heterocycles. The van der Waals surface area contributed by atoms with Gasteiger partial charge in [-0.25, -0.2) is 17.2 Å². The van der Waals surface area contributed by atoms with Crippen LogP contribution >= 0.6 is 11.6 Å². The molecule has 0 bridgehead atoms. The maximum absolute atomic E-state index is 15.7. The summed E-state index contributed by atoms with van der Waals surface area (Å²) in [6.07, 6.45) is -1.28. The Labute approximate surface area is 230 Å². The van der Waals surface area contributed by atoms with Gasteiger partial charge in [-0.15, -0.1) is 0 Å². The van der Waals surface area contributed by atoms with Gasteiger partial charge in [0.15, 0.2) is 15.5 Å². The molecule has 5 atom stereocenters. The summed E-state index contributed by atoms with van der Waals surface area (Å²) in [6.45, 7) is -0.307. The number of carbonyl (C=O) groups is 2. The molecule has 1 N–H and O–H groups in total. The lowest BCUT2D eigenvalue weighted by Crippen LogP contribution is -2.47. The lowest BCUT2D eigenvalue weighted by atomic mass is 9.82. The summed E-state index contributed by atoms with van der Waals surface area (Å²) in [5, 5.41) is 3.40. The van der Waals surface area contributed by atoms with E-state index in [-0.39, 0.29) is 62.5 Å². The Bertz CT molecular complexity index is 1140. The van der Waals surface area contributed by atoms with Gasteiger partial charge in [-0.1, -0.05) is 23.8 Å². The number of nitrogens with zero attached hydrogens (tertiary/aromatic N) is 2. The Balaban J connectivity index is 1.74. The summed E-state index contributed by atoms with van der Waals surface area (Å²) in [5.74, 6) is -3.36.